The smallest absolute Gasteiger partial charge is 0.254 e. The molecule has 1 aliphatic rings. The number of hydrogen-bond acceptors (Lipinski definition) is 5. The van der Waals surface area contributed by atoms with Gasteiger partial charge in [0.2, 0.25) is 10.0 Å². The first-order chi connectivity index (χ1) is 11.0. The lowest BCUT2D eigenvalue weighted by atomic mass is 9.96. The monoisotopic (exact) mass is 340 g/mol. The molecular formula is C15H17FN2O4S. The molecule has 1 aromatic heterocycles. The van der Waals surface area contributed by atoms with E-state index in [1.54, 1.807) is 6.07 Å². The largest absolute Gasteiger partial charge is 0.479 e. The number of aromatic nitrogens is 1. The Kier molecular flexibility index (Phi) is 4.36. The average Bonchev–Trinajstić information content (AvgIpc) is 3.04. The van der Waals surface area contributed by atoms with Gasteiger partial charge in [0, 0.05) is 25.1 Å². The highest BCUT2D eigenvalue weighted by molar-refractivity contribution is 7.89. The summed E-state index contributed by atoms with van der Waals surface area (Å²) >= 11 is 0. The third-order valence-electron chi connectivity index (χ3n) is 4.01. The van der Waals surface area contributed by atoms with Crippen molar-refractivity contribution in [2.24, 2.45) is 0 Å². The standard InChI is InChI=1S/C15H17FN2O4S/c1-21-15-10-14(22-17-15)11-5-7-18(8-6-11)23(19,20)13-4-2-3-12(16)9-13/h2-4,9-11H,5-8H2,1H3. The van der Waals surface area contributed by atoms with Crippen molar-refractivity contribution < 1.29 is 22.1 Å². The van der Waals surface area contributed by atoms with Crippen molar-refractivity contribution in [2.45, 2.75) is 23.7 Å². The van der Waals surface area contributed by atoms with E-state index in [0.717, 1.165) is 6.07 Å². The molecule has 2 heterocycles. The maximum Gasteiger partial charge on any atom is 0.254 e. The predicted octanol–water partition coefficient (Wildman–Crippen LogP) is 2.39. The molecule has 1 saturated heterocycles. The molecule has 0 radical (unpaired) electrons. The first-order valence-electron chi connectivity index (χ1n) is 7.27. The molecule has 0 bridgehead atoms. The van der Waals surface area contributed by atoms with Crippen LogP contribution in [0, 0.1) is 5.82 Å². The van der Waals surface area contributed by atoms with Crippen molar-refractivity contribution in [1.82, 2.24) is 9.46 Å². The zero-order valence-corrected chi connectivity index (χ0v) is 13.4. The maximum atomic E-state index is 13.3. The summed E-state index contributed by atoms with van der Waals surface area (Å²) in [6.45, 7) is 0.707. The van der Waals surface area contributed by atoms with Crippen molar-refractivity contribution in [3.8, 4) is 5.88 Å². The van der Waals surface area contributed by atoms with E-state index in [1.165, 1.54) is 29.6 Å². The van der Waals surface area contributed by atoms with E-state index in [1.807, 2.05) is 0 Å². The lowest BCUT2D eigenvalue weighted by molar-refractivity contribution is 0.269. The van der Waals surface area contributed by atoms with Crippen LogP contribution in [0.3, 0.4) is 0 Å². The topological polar surface area (TPSA) is 72.6 Å². The molecule has 0 saturated carbocycles. The Bertz CT molecular complexity index is 782. The number of sulfonamides is 1. The van der Waals surface area contributed by atoms with Gasteiger partial charge in [0.15, 0.2) is 0 Å². The number of piperidine rings is 1. The van der Waals surface area contributed by atoms with Gasteiger partial charge in [0.1, 0.15) is 11.6 Å². The van der Waals surface area contributed by atoms with Gasteiger partial charge in [-0.25, -0.2) is 12.8 Å². The van der Waals surface area contributed by atoms with Crippen LogP contribution >= 0.6 is 0 Å². The van der Waals surface area contributed by atoms with Gasteiger partial charge in [0.25, 0.3) is 5.88 Å². The zero-order valence-electron chi connectivity index (χ0n) is 12.6. The van der Waals surface area contributed by atoms with Gasteiger partial charge in [-0.15, -0.1) is 0 Å². The number of ether oxygens (including phenoxy) is 1. The molecule has 6 nitrogen and oxygen atoms in total. The van der Waals surface area contributed by atoms with Crippen molar-refractivity contribution in [2.75, 3.05) is 20.2 Å². The fourth-order valence-corrected chi connectivity index (χ4v) is 4.22. The van der Waals surface area contributed by atoms with Crippen molar-refractivity contribution in [1.29, 1.82) is 0 Å². The highest BCUT2D eigenvalue weighted by Crippen LogP contribution is 2.32. The van der Waals surface area contributed by atoms with E-state index in [2.05, 4.69) is 5.16 Å². The average molecular weight is 340 g/mol. The highest BCUT2D eigenvalue weighted by atomic mass is 32.2. The minimum atomic E-state index is -3.67. The summed E-state index contributed by atoms with van der Waals surface area (Å²) < 4.78 is 49.9. The van der Waals surface area contributed by atoms with Crippen LogP contribution in [-0.4, -0.2) is 38.1 Å². The summed E-state index contributed by atoms with van der Waals surface area (Å²) in [5.41, 5.74) is 0. The van der Waals surface area contributed by atoms with Crippen LogP contribution in [0.5, 0.6) is 5.88 Å². The Hall–Kier alpha value is -1.93. The second-order valence-electron chi connectivity index (χ2n) is 5.41. The van der Waals surface area contributed by atoms with Crippen LogP contribution in [0.1, 0.15) is 24.5 Å². The molecule has 2 aromatic rings. The SMILES string of the molecule is COc1cc(C2CCN(S(=O)(=O)c3cccc(F)c3)CC2)on1. The number of rotatable bonds is 4. The van der Waals surface area contributed by atoms with Gasteiger partial charge < -0.3 is 9.26 Å². The predicted molar refractivity (Wildman–Crippen MR) is 80.2 cm³/mol. The number of benzene rings is 1. The molecule has 1 fully saturated rings. The molecule has 0 atom stereocenters. The highest BCUT2D eigenvalue weighted by Gasteiger charge is 2.31. The third-order valence-corrected chi connectivity index (χ3v) is 5.90. The van der Waals surface area contributed by atoms with Crippen LogP contribution in [0.25, 0.3) is 0 Å². The van der Waals surface area contributed by atoms with E-state index >= 15 is 0 Å². The minimum absolute atomic E-state index is 0.0164. The summed E-state index contributed by atoms with van der Waals surface area (Å²) in [5.74, 6) is 0.652. The summed E-state index contributed by atoms with van der Waals surface area (Å²) in [6.07, 6.45) is 1.24. The summed E-state index contributed by atoms with van der Waals surface area (Å²) in [7, 11) is -2.16. The van der Waals surface area contributed by atoms with Gasteiger partial charge in [0.05, 0.1) is 12.0 Å². The Labute approximate surface area is 133 Å². The number of halogens is 1. The maximum absolute atomic E-state index is 13.3. The third kappa shape index (κ3) is 3.23. The van der Waals surface area contributed by atoms with E-state index in [4.69, 9.17) is 9.26 Å². The van der Waals surface area contributed by atoms with E-state index in [0.29, 0.717) is 37.6 Å². The fraction of sp³-hybridized carbons (Fsp3) is 0.400. The van der Waals surface area contributed by atoms with Crippen LogP contribution in [0.2, 0.25) is 0 Å². The lowest BCUT2D eigenvalue weighted by Crippen LogP contribution is -2.37. The molecule has 23 heavy (non-hydrogen) atoms. The van der Waals surface area contributed by atoms with Gasteiger partial charge in [-0.1, -0.05) is 6.07 Å². The number of nitrogens with zero attached hydrogens (tertiary/aromatic N) is 2. The van der Waals surface area contributed by atoms with Crippen LogP contribution in [0.4, 0.5) is 4.39 Å². The van der Waals surface area contributed by atoms with Gasteiger partial charge in [-0.3, -0.25) is 0 Å². The molecule has 0 N–H and O–H groups in total. The Balaban J connectivity index is 1.71. The van der Waals surface area contributed by atoms with Gasteiger partial charge in [-0.05, 0) is 36.2 Å². The summed E-state index contributed by atoms with van der Waals surface area (Å²) in [6, 6.07) is 6.80. The molecule has 3 rings (SSSR count). The second kappa shape index (κ2) is 6.29. The molecule has 0 amide bonds. The number of methoxy groups -OCH3 is 1. The molecule has 0 spiro atoms. The summed E-state index contributed by atoms with van der Waals surface area (Å²) in [5, 5.41) is 3.76. The molecule has 8 heteroatoms. The van der Waals surface area contributed by atoms with Crippen LogP contribution in [0.15, 0.2) is 39.8 Å². The normalized spacial score (nSPS) is 17.3. The van der Waals surface area contributed by atoms with Crippen molar-refractivity contribution >= 4 is 10.0 Å². The molecule has 1 aliphatic heterocycles. The van der Waals surface area contributed by atoms with Crippen molar-refractivity contribution in [3.05, 3.63) is 41.9 Å². The molecule has 0 unspecified atom stereocenters. The Morgan fingerprint density at radius 2 is 2.04 bits per heavy atom. The fourth-order valence-electron chi connectivity index (χ4n) is 2.72. The van der Waals surface area contributed by atoms with Crippen LogP contribution < -0.4 is 4.74 Å². The molecule has 1 aromatic carbocycles. The van der Waals surface area contributed by atoms with E-state index in [9.17, 15) is 12.8 Å². The molecular weight excluding hydrogens is 323 g/mol. The zero-order chi connectivity index (χ0) is 16.4. The van der Waals surface area contributed by atoms with Crippen molar-refractivity contribution in [3.63, 3.8) is 0 Å². The Morgan fingerprint density at radius 1 is 1.30 bits per heavy atom. The molecule has 124 valence electrons. The van der Waals surface area contributed by atoms with E-state index in [-0.39, 0.29) is 10.8 Å². The van der Waals surface area contributed by atoms with Crippen LogP contribution in [-0.2, 0) is 10.0 Å². The van der Waals surface area contributed by atoms with Gasteiger partial charge in [-0.2, -0.15) is 4.31 Å². The second-order valence-corrected chi connectivity index (χ2v) is 7.35. The Morgan fingerprint density at radius 3 is 2.65 bits per heavy atom. The lowest BCUT2D eigenvalue weighted by Gasteiger charge is -2.29. The summed E-state index contributed by atoms with van der Waals surface area (Å²) in [4.78, 5) is -0.0164. The van der Waals surface area contributed by atoms with E-state index < -0.39 is 15.8 Å². The quantitative estimate of drug-likeness (QED) is 0.854. The minimum Gasteiger partial charge on any atom is -0.479 e. The molecule has 0 aliphatic carbocycles. The van der Waals surface area contributed by atoms with Gasteiger partial charge >= 0.3 is 0 Å². The number of hydrogen-bond donors (Lipinski definition) is 0. The first kappa shape index (κ1) is 15.9. The first-order valence-corrected chi connectivity index (χ1v) is 8.71.